The Bertz CT molecular complexity index is 1150. The molecule has 2 heterocycles. The highest BCUT2D eigenvalue weighted by Gasteiger charge is 2.17. The lowest BCUT2D eigenvalue weighted by molar-refractivity contribution is 0.459. The van der Waals surface area contributed by atoms with Crippen LogP contribution in [0.4, 0.5) is 5.95 Å². The molecule has 0 aliphatic heterocycles. The lowest BCUT2D eigenvalue weighted by Crippen LogP contribution is -2.01. The zero-order valence-electron chi connectivity index (χ0n) is 13.3. The number of anilines is 1. The summed E-state index contributed by atoms with van der Waals surface area (Å²) >= 11 is 0. The fraction of sp³-hybridized carbons (Fsp3) is 0. The summed E-state index contributed by atoms with van der Waals surface area (Å²) in [5, 5.41) is 29.7. The van der Waals surface area contributed by atoms with Crippen LogP contribution in [0.1, 0.15) is 0 Å². The number of rotatable bonds is 2. The van der Waals surface area contributed by atoms with E-state index in [2.05, 4.69) is 19.9 Å². The maximum atomic E-state index is 10.1. The Labute approximate surface area is 147 Å². The van der Waals surface area contributed by atoms with Gasteiger partial charge >= 0.3 is 0 Å². The van der Waals surface area contributed by atoms with E-state index >= 15 is 0 Å². The van der Waals surface area contributed by atoms with Crippen molar-refractivity contribution in [1.29, 1.82) is 0 Å². The first-order valence-electron chi connectivity index (χ1n) is 7.64. The van der Waals surface area contributed by atoms with E-state index in [4.69, 9.17) is 5.73 Å². The van der Waals surface area contributed by atoms with Crippen LogP contribution in [0, 0.1) is 0 Å². The first kappa shape index (κ1) is 15.6. The van der Waals surface area contributed by atoms with Gasteiger partial charge in [-0.1, -0.05) is 24.3 Å². The largest absolute Gasteiger partial charge is 0.508 e. The molecule has 4 rings (SSSR count). The van der Waals surface area contributed by atoms with Gasteiger partial charge in [0.2, 0.25) is 11.8 Å². The van der Waals surface area contributed by atoms with Gasteiger partial charge in [-0.15, -0.1) is 0 Å². The minimum absolute atomic E-state index is 0.0593. The Kier molecular flexibility index (Phi) is 3.51. The lowest BCUT2D eigenvalue weighted by atomic mass is 10.0. The van der Waals surface area contributed by atoms with Crippen molar-refractivity contribution in [3.05, 3.63) is 48.5 Å². The van der Waals surface area contributed by atoms with Crippen LogP contribution in [0.15, 0.2) is 48.5 Å². The van der Waals surface area contributed by atoms with E-state index in [1.165, 1.54) is 24.3 Å². The smallest absolute Gasteiger partial charge is 0.244 e. The Morgan fingerprint density at radius 1 is 0.692 bits per heavy atom. The molecule has 0 unspecified atom stereocenters. The normalized spacial score (nSPS) is 10.9. The van der Waals surface area contributed by atoms with E-state index in [1.807, 2.05) is 0 Å². The summed E-state index contributed by atoms with van der Waals surface area (Å²) in [5.74, 6) is -0.388. The summed E-state index contributed by atoms with van der Waals surface area (Å²) in [7, 11) is 0. The topological polar surface area (TPSA) is 138 Å². The van der Waals surface area contributed by atoms with E-state index in [-0.39, 0.29) is 34.5 Å². The van der Waals surface area contributed by atoms with Gasteiger partial charge in [0, 0.05) is 11.1 Å². The van der Waals surface area contributed by atoms with Crippen molar-refractivity contribution >= 4 is 17.1 Å². The highest BCUT2D eigenvalue weighted by Crippen LogP contribution is 2.34. The summed E-state index contributed by atoms with van der Waals surface area (Å²) < 4.78 is 0. The SMILES string of the molecule is Nc1nc(O)c2nc(-c3cccc(O)c3)c(-c3cccc(O)c3)nc2n1. The van der Waals surface area contributed by atoms with Crippen LogP contribution >= 0.6 is 0 Å². The highest BCUT2D eigenvalue weighted by molar-refractivity contribution is 5.87. The van der Waals surface area contributed by atoms with Crippen molar-refractivity contribution < 1.29 is 15.3 Å². The molecule has 8 heteroatoms. The third-order valence-electron chi connectivity index (χ3n) is 3.77. The van der Waals surface area contributed by atoms with Crippen molar-refractivity contribution in [2.75, 3.05) is 5.73 Å². The van der Waals surface area contributed by atoms with Gasteiger partial charge < -0.3 is 21.1 Å². The number of aromatic nitrogens is 4. The number of phenolic OH excluding ortho intramolecular Hbond substituents is 2. The first-order valence-corrected chi connectivity index (χ1v) is 7.64. The second-order valence-electron chi connectivity index (χ2n) is 5.60. The minimum Gasteiger partial charge on any atom is -0.508 e. The molecular weight excluding hydrogens is 334 g/mol. The van der Waals surface area contributed by atoms with Crippen LogP contribution < -0.4 is 5.73 Å². The average molecular weight is 347 g/mol. The van der Waals surface area contributed by atoms with Gasteiger partial charge in [0.15, 0.2) is 11.2 Å². The van der Waals surface area contributed by atoms with Crippen LogP contribution in [0.3, 0.4) is 0 Å². The molecule has 0 spiro atoms. The van der Waals surface area contributed by atoms with Gasteiger partial charge in [-0.05, 0) is 24.3 Å². The summed E-state index contributed by atoms with van der Waals surface area (Å²) in [6, 6.07) is 13.0. The van der Waals surface area contributed by atoms with Crippen LogP contribution in [0.25, 0.3) is 33.7 Å². The second-order valence-corrected chi connectivity index (χ2v) is 5.60. The monoisotopic (exact) mass is 347 g/mol. The summed E-state index contributed by atoms with van der Waals surface area (Å²) in [6.45, 7) is 0. The van der Waals surface area contributed by atoms with E-state index in [9.17, 15) is 15.3 Å². The molecule has 0 saturated heterocycles. The predicted octanol–water partition coefficient (Wildman–Crippen LogP) is 2.45. The first-order chi connectivity index (χ1) is 12.5. The molecule has 0 aliphatic carbocycles. The molecule has 26 heavy (non-hydrogen) atoms. The molecule has 2 aromatic carbocycles. The molecule has 0 fully saturated rings. The van der Waals surface area contributed by atoms with Gasteiger partial charge in [0.25, 0.3) is 0 Å². The molecule has 0 aliphatic rings. The Morgan fingerprint density at radius 3 is 1.85 bits per heavy atom. The fourth-order valence-electron chi connectivity index (χ4n) is 2.66. The fourth-order valence-corrected chi connectivity index (χ4v) is 2.66. The zero-order valence-corrected chi connectivity index (χ0v) is 13.3. The molecule has 8 nitrogen and oxygen atoms in total. The lowest BCUT2D eigenvalue weighted by Gasteiger charge is -2.11. The molecule has 0 saturated carbocycles. The number of nitrogen functional groups attached to an aromatic ring is 1. The number of hydrogen-bond donors (Lipinski definition) is 4. The van der Waals surface area contributed by atoms with Gasteiger partial charge in [-0.2, -0.15) is 9.97 Å². The average Bonchev–Trinajstić information content (AvgIpc) is 2.60. The zero-order chi connectivity index (χ0) is 18.3. The van der Waals surface area contributed by atoms with E-state index in [0.29, 0.717) is 22.5 Å². The second kappa shape index (κ2) is 5.85. The van der Waals surface area contributed by atoms with Crippen molar-refractivity contribution in [1.82, 2.24) is 19.9 Å². The molecular formula is C18H13N5O3. The number of hydrogen-bond acceptors (Lipinski definition) is 8. The maximum absolute atomic E-state index is 10.1. The maximum Gasteiger partial charge on any atom is 0.244 e. The highest BCUT2D eigenvalue weighted by atomic mass is 16.3. The molecule has 0 radical (unpaired) electrons. The van der Waals surface area contributed by atoms with E-state index < -0.39 is 0 Å². The minimum atomic E-state index is -0.385. The summed E-state index contributed by atoms with van der Waals surface area (Å²) in [6.07, 6.45) is 0. The van der Waals surface area contributed by atoms with Crippen molar-refractivity contribution in [2.24, 2.45) is 0 Å². The van der Waals surface area contributed by atoms with Gasteiger partial charge in [0.1, 0.15) is 11.5 Å². The molecule has 0 amide bonds. The Balaban J connectivity index is 2.08. The molecule has 4 aromatic rings. The molecule has 128 valence electrons. The van der Waals surface area contributed by atoms with Crippen LogP contribution in [-0.2, 0) is 0 Å². The van der Waals surface area contributed by atoms with Crippen molar-refractivity contribution in [2.45, 2.75) is 0 Å². The third-order valence-corrected chi connectivity index (χ3v) is 3.77. The number of nitrogens with two attached hydrogens (primary N) is 1. The van der Waals surface area contributed by atoms with E-state index in [0.717, 1.165) is 0 Å². The summed E-state index contributed by atoms with van der Waals surface area (Å²) in [5.41, 5.74) is 7.77. The Hall–Kier alpha value is -3.94. The molecule has 0 atom stereocenters. The molecule has 5 N–H and O–H groups in total. The summed E-state index contributed by atoms with van der Waals surface area (Å²) in [4.78, 5) is 16.6. The van der Waals surface area contributed by atoms with Gasteiger partial charge in [-0.3, -0.25) is 0 Å². The van der Waals surface area contributed by atoms with Crippen molar-refractivity contribution in [3.63, 3.8) is 0 Å². The molecule has 2 aromatic heterocycles. The standard InChI is InChI=1S/C18H13N5O3/c19-18-22-16-15(17(26)23-18)20-13(9-3-1-5-11(24)7-9)14(21-16)10-4-2-6-12(25)8-10/h1-8,24-25H,(H3,19,21,22,23,26). The third kappa shape index (κ3) is 2.69. The van der Waals surface area contributed by atoms with Gasteiger partial charge in [-0.25, -0.2) is 9.97 Å². The number of fused-ring (bicyclic) bond motifs is 1. The van der Waals surface area contributed by atoms with E-state index in [1.54, 1.807) is 24.3 Å². The van der Waals surface area contributed by atoms with Crippen LogP contribution in [-0.4, -0.2) is 35.3 Å². The number of benzene rings is 2. The quantitative estimate of drug-likeness (QED) is 0.434. The number of aromatic hydroxyl groups is 3. The molecule has 0 bridgehead atoms. The Morgan fingerprint density at radius 2 is 1.27 bits per heavy atom. The number of phenols is 2. The van der Waals surface area contributed by atoms with Crippen LogP contribution in [0.5, 0.6) is 17.4 Å². The van der Waals surface area contributed by atoms with Gasteiger partial charge in [0.05, 0.1) is 11.4 Å². The van der Waals surface area contributed by atoms with Crippen LogP contribution in [0.2, 0.25) is 0 Å². The number of nitrogens with zero attached hydrogens (tertiary/aromatic N) is 4. The van der Waals surface area contributed by atoms with Crippen molar-refractivity contribution in [3.8, 4) is 39.9 Å². The predicted molar refractivity (Wildman–Crippen MR) is 95.4 cm³/mol.